The molecule has 0 aliphatic carbocycles. The van der Waals surface area contributed by atoms with Gasteiger partial charge in [-0.1, -0.05) is 44.0 Å². The molecule has 0 saturated heterocycles. The molecule has 0 unspecified atom stereocenters. The summed E-state index contributed by atoms with van der Waals surface area (Å²) in [4.78, 5) is 12.8. The van der Waals surface area contributed by atoms with E-state index in [4.69, 9.17) is 6.42 Å². The average molecular weight is 356 g/mol. The molecule has 6 heteroatoms. The molecule has 1 aliphatic rings. The van der Waals surface area contributed by atoms with Gasteiger partial charge >= 0.3 is 0 Å². The number of carbonyl (C=O) groups is 1. The Kier molecular flexibility index (Phi) is 4.21. The normalized spacial score (nSPS) is 15.2. The molecule has 1 N–H and O–H groups in total. The lowest BCUT2D eigenvalue weighted by Gasteiger charge is -2.28. The number of sulfonamides is 1. The van der Waals surface area contributed by atoms with Gasteiger partial charge in [-0.05, 0) is 30.4 Å². The topological polar surface area (TPSA) is 66.5 Å². The monoisotopic (exact) mass is 356 g/mol. The Labute approximate surface area is 148 Å². The van der Waals surface area contributed by atoms with E-state index < -0.39 is 21.5 Å². The van der Waals surface area contributed by atoms with Crippen molar-refractivity contribution in [3.05, 3.63) is 36.4 Å². The van der Waals surface area contributed by atoms with Gasteiger partial charge in [0.25, 0.3) is 10.0 Å². The van der Waals surface area contributed by atoms with Gasteiger partial charge in [-0.2, -0.15) is 0 Å². The van der Waals surface area contributed by atoms with Gasteiger partial charge in [-0.25, -0.2) is 8.42 Å². The highest BCUT2D eigenvalue weighted by Gasteiger charge is 2.37. The van der Waals surface area contributed by atoms with Crippen LogP contribution < -0.4 is 9.62 Å². The number of hydrogen-bond donors (Lipinski definition) is 1. The maximum Gasteiger partial charge on any atom is 0.265 e. The number of terminal acetylenes is 1. The number of rotatable bonds is 5. The predicted molar refractivity (Wildman–Crippen MR) is 98.8 cm³/mol. The minimum atomic E-state index is -3.75. The Hall–Kier alpha value is -2.52. The number of carbonyl (C=O) groups excluding carboxylic acids is 1. The molecule has 130 valence electrons. The molecule has 2 aromatic rings. The van der Waals surface area contributed by atoms with Crippen LogP contribution in [0.2, 0.25) is 0 Å². The van der Waals surface area contributed by atoms with E-state index in [-0.39, 0.29) is 11.4 Å². The number of amides is 1. The maximum atomic E-state index is 12.9. The Bertz CT molecular complexity index is 980. The number of anilines is 1. The van der Waals surface area contributed by atoms with Crippen LogP contribution in [0.3, 0.4) is 0 Å². The Morgan fingerprint density at radius 2 is 1.84 bits per heavy atom. The molecular weight excluding hydrogens is 336 g/mol. The molecule has 0 saturated carbocycles. The number of hydrogen-bond acceptors (Lipinski definition) is 3. The van der Waals surface area contributed by atoms with Gasteiger partial charge in [0.15, 0.2) is 0 Å². The van der Waals surface area contributed by atoms with Gasteiger partial charge in [-0.3, -0.25) is 9.10 Å². The summed E-state index contributed by atoms with van der Waals surface area (Å²) < 4.78 is 26.9. The van der Waals surface area contributed by atoms with E-state index in [0.29, 0.717) is 23.9 Å². The highest BCUT2D eigenvalue weighted by atomic mass is 32.2. The van der Waals surface area contributed by atoms with Crippen LogP contribution in [-0.4, -0.2) is 26.4 Å². The summed E-state index contributed by atoms with van der Waals surface area (Å²) in [5, 5.41) is 4.32. The van der Waals surface area contributed by atoms with Crippen LogP contribution in [0.1, 0.15) is 26.7 Å². The van der Waals surface area contributed by atoms with Gasteiger partial charge in [-0.15, -0.1) is 6.42 Å². The second-order valence-corrected chi connectivity index (χ2v) is 7.96. The van der Waals surface area contributed by atoms with Crippen molar-refractivity contribution in [2.24, 2.45) is 0 Å². The Morgan fingerprint density at radius 1 is 1.20 bits per heavy atom. The van der Waals surface area contributed by atoms with Gasteiger partial charge in [0.2, 0.25) is 5.91 Å². The van der Waals surface area contributed by atoms with E-state index >= 15 is 0 Å². The van der Waals surface area contributed by atoms with Gasteiger partial charge in [0, 0.05) is 5.39 Å². The zero-order chi connectivity index (χ0) is 18.2. The second-order valence-electron chi connectivity index (χ2n) is 6.12. The van der Waals surface area contributed by atoms with Gasteiger partial charge in [0.05, 0.1) is 10.6 Å². The SMILES string of the molecule is C#CC(CC)(CC)NC(=O)CN1c2cccc3cccc(c23)S1(=O)=O. The van der Waals surface area contributed by atoms with E-state index in [0.717, 1.165) is 9.69 Å². The van der Waals surface area contributed by atoms with Crippen molar-refractivity contribution in [1.82, 2.24) is 5.32 Å². The van der Waals surface area contributed by atoms with Crippen LogP contribution in [0.25, 0.3) is 10.8 Å². The molecule has 3 rings (SSSR count). The molecule has 0 spiro atoms. The van der Waals surface area contributed by atoms with E-state index in [2.05, 4.69) is 11.2 Å². The number of nitrogens with zero attached hydrogens (tertiary/aromatic N) is 1. The van der Waals surface area contributed by atoms with E-state index in [9.17, 15) is 13.2 Å². The summed E-state index contributed by atoms with van der Waals surface area (Å²) in [6.45, 7) is 3.50. The highest BCUT2D eigenvalue weighted by Crippen LogP contribution is 2.41. The lowest BCUT2D eigenvalue weighted by atomic mass is 9.94. The van der Waals surface area contributed by atoms with Crippen molar-refractivity contribution in [1.29, 1.82) is 0 Å². The minimum Gasteiger partial charge on any atom is -0.338 e. The molecule has 1 heterocycles. The molecule has 0 atom stereocenters. The third-order valence-corrected chi connectivity index (χ3v) is 6.63. The number of nitrogens with one attached hydrogen (secondary N) is 1. The zero-order valence-corrected chi connectivity index (χ0v) is 15.1. The first-order valence-corrected chi connectivity index (χ1v) is 9.66. The maximum absolute atomic E-state index is 12.9. The van der Waals surface area contributed by atoms with Crippen LogP contribution >= 0.6 is 0 Å². The van der Waals surface area contributed by atoms with Crippen molar-refractivity contribution in [3.8, 4) is 12.3 Å². The van der Waals surface area contributed by atoms with E-state index in [1.54, 1.807) is 24.3 Å². The molecule has 0 aromatic heterocycles. The van der Waals surface area contributed by atoms with Crippen molar-refractivity contribution in [2.75, 3.05) is 10.8 Å². The molecule has 1 aliphatic heterocycles. The summed E-state index contributed by atoms with van der Waals surface area (Å²) in [5.74, 6) is 2.22. The highest BCUT2D eigenvalue weighted by molar-refractivity contribution is 7.93. The minimum absolute atomic E-state index is 0.239. The number of benzene rings is 2. The van der Waals surface area contributed by atoms with Crippen molar-refractivity contribution in [2.45, 2.75) is 37.1 Å². The lowest BCUT2D eigenvalue weighted by Crippen LogP contribution is -2.50. The van der Waals surface area contributed by atoms with Gasteiger partial charge < -0.3 is 5.32 Å². The van der Waals surface area contributed by atoms with Crippen LogP contribution in [0.4, 0.5) is 5.69 Å². The van der Waals surface area contributed by atoms with Crippen LogP contribution in [0.15, 0.2) is 41.3 Å². The van der Waals surface area contributed by atoms with Crippen molar-refractivity contribution in [3.63, 3.8) is 0 Å². The third-order valence-electron chi connectivity index (χ3n) is 4.83. The molecule has 0 fully saturated rings. The van der Waals surface area contributed by atoms with Crippen LogP contribution in [0.5, 0.6) is 0 Å². The first kappa shape index (κ1) is 17.3. The first-order valence-electron chi connectivity index (χ1n) is 8.22. The summed E-state index contributed by atoms with van der Waals surface area (Å²) >= 11 is 0. The van der Waals surface area contributed by atoms with Crippen molar-refractivity contribution >= 4 is 32.4 Å². The lowest BCUT2D eigenvalue weighted by molar-refractivity contribution is -0.121. The molecular formula is C19H20N2O3S. The quantitative estimate of drug-likeness (QED) is 0.838. The largest absolute Gasteiger partial charge is 0.338 e. The molecule has 2 aromatic carbocycles. The first-order chi connectivity index (χ1) is 11.9. The molecule has 0 bridgehead atoms. The summed E-state index contributed by atoms with van der Waals surface area (Å²) in [7, 11) is -3.75. The summed E-state index contributed by atoms with van der Waals surface area (Å²) in [6, 6.07) is 10.5. The average Bonchev–Trinajstić information content (AvgIpc) is 2.83. The molecule has 1 amide bonds. The fourth-order valence-electron chi connectivity index (χ4n) is 3.23. The summed E-state index contributed by atoms with van der Waals surface area (Å²) in [5.41, 5.74) is -0.220. The standard InChI is InChI=1S/C19H20N2O3S/c1-4-19(5-2,6-3)20-17(22)13-21-15-11-7-9-14-10-8-12-16(18(14)15)25(21,23)24/h1,7-12H,5-6,13H2,2-3H3,(H,20,22). The third kappa shape index (κ3) is 2.65. The fraction of sp³-hybridized carbons (Fsp3) is 0.316. The Morgan fingerprint density at radius 3 is 2.44 bits per heavy atom. The van der Waals surface area contributed by atoms with Crippen molar-refractivity contribution < 1.29 is 13.2 Å². The van der Waals surface area contributed by atoms with Crippen LogP contribution in [0, 0.1) is 12.3 Å². The zero-order valence-electron chi connectivity index (χ0n) is 14.2. The van der Waals surface area contributed by atoms with Gasteiger partial charge in [0.1, 0.15) is 12.1 Å². The predicted octanol–water partition coefficient (Wildman–Crippen LogP) is 2.66. The van der Waals surface area contributed by atoms with E-state index in [1.165, 1.54) is 0 Å². The molecule has 5 nitrogen and oxygen atoms in total. The smallest absolute Gasteiger partial charge is 0.265 e. The van der Waals surface area contributed by atoms with E-state index in [1.807, 2.05) is 26.0 Å². The Balaban J connectivity index is 1.96. The fourth-order valence-corrected chi connectivity index (χ4v) is 4.90. The summed E-state index contributed by atoms with van der Waals surface area (Å²) in [6.07, 6.45) is 6.73. The molecule has 25 heavy (non-hydrogen) atoms. The second kappa shape index (κ2) is 6.08. The molecule has 0 radical (unpaired) electrons. The van der Waals surface area contributed by atoms with Crippen LogP contribution in [-0.2, 0) is 14.8 Å².